The van der Waals surface area contributed by atoms with Gasteiger partial charge in [0.15, 0.2) is 0 Å². The molecule has 0 spiro atoms. The van der Waals surface area contributed by atoms with Crippen molar-refractivity contribution < 1.29 is 0 Å². The molecule has 0 radical (unpaired) electrons. The third-order valence-corrected chi connectivity index (χ3v) is 8.13. The zero-order valence-corrected chi connectivity index (χ0v) is 20.7. The van der Waals surface area contributed by atoms with Crippen LogP contribution in [0.25, 0.3) is 22.4 Å². The van der Waals surface area contributed by atoms with Crippen molar-refractivity contribution in [3.8, 4) is 5.69 Å². The molecule has 2 fully saturated rings. The Kier molecular flexibility index (Phi) is 5.41. The lowest BCUT2D eigenvalue weighted by molar-refractivity contribution is 0.0325. The molecule has 2 aromatic heterocycles. The lowest BCUT2D eigenvalue weighted by atomic mass is 9.78. The Balaban J connectivity index is 1.56. The standard InChI is InChI=1S/C27H31N5OS/c1-18-14-19(2)16-21(15-18)31-25(33)22-10-4-6-12-24(22)32-26(31)28-30(27(32)34)17-29-13-7-9-20-8-3-5-11-23(20)29/h4,6,10,12,14-16,20,23H,3,5,7-9,11,13,17H2,1-2H3/t20-,23+/m0/s1. The second kappa shape index (κ2) is 8.47. The minimum Gasteiger partial charge on any atom is -0.281 e. The van der Waals surface area contributed by atoms with Crippen LogP contribution in [0.4, 0.5) is 0 Å². The van der Waals surface area contributed by atoms with Crippen LogP contribution in [0.2, 0.25) is 0 Å². The van der Waals surface area contributed by atoms with Crippen molar-refractivity contribution >= 4 is 28.9 Å². The number of fused-ring (bicyclic) bond motifs is 4. The van der Waals surface area contributed by atoms with E-state index in [-0.39, 0.29) is 5.56 Å². The number of likely N-dealkylation sites (tertiary alicyclic amines) is 1. The van der Waals surface area contributed by atoms with Gasteiger partial charge in [-0.1, -0.05) is 31.0 Å². The van der Waals surface area contributed by atoms with Gasteiger partial charge in [-0.15, -0.1) is 5.10 Å². The fourth-order valence-electron chi connectivity index (χ4n) is 6.29. The first-order valence-electron chi connectivity index (χ1n) is 12.5. The molecule has 6 rings (SSSR count). The van der Waals surface area contributed by atoms with Crippen molar-refractivity contribution in [1.82, 2.24) is 23.6 Å². The molecule has 176 valence electrons. The zero-order chi connectivity index (χ0) is 23.4. The Bertz CT molecular complexity index is 1490. The summed E-state index contributed by atoms with van der Waals surface area (Å²) in [6, 6.07) is 14.5. The second-order valence-corrected chi connectivity index (χ2v) is 10.5. The van der Waals surface area contributed by atoms with Crippen LogP contribution in [-0.4, -0.2) is 36.2 Å². The highest BCUT2D eigenvalue weighted by Gasteiger charge is 2.33. The molecule has 0 N–H and O–H groups in total. The van der Waals surface area contributed by atoms with Crippen LogP contribution in [0.1, 0.15) is 49.7 Å². The summed E-state index contributed by atoms with van der Waals surface area (Å²) >= 11 is 6.00. The molecule has 1 aliphatic heterocycles. The van der Waals surface area contributed by atoms with Gasteiger partial charge >= 0.3 is 0 Å². The van der Waals surface area contributed by atoms with Crippen molar-refractivity contribution in [3.63, 3.8) is 0 Å². The Morgan fingerprint density at radius 3 is 2.56 bits per heavy atom. The SMILES string of the molecule is Cc1cc(C)cc(-n2c(=O)c3ccccc3n3c(=S)n(CN4CCC[C@@H]5CCCC[C@H]54)nc23)c1. The van der Waals surface area contributed by atoms with Crippen molar-refractivity contribution in [1.29, 1.82) is 0 Å². The summed E-state index contributed by atoms with van der Waals surface area (Å²) in [5.74, 6) is 1.37. The van der Waals surface area contributed by atoms with E-state index in [4.69, 9.17) is 17.3 Å². The molecule has 1 saturated heterocycles. The molecular weight excluding hydrogens is 442 g/mol. The Hall–Kier alpha value is -2.77. The molecular formula is C27H31N5OS. The summed E-state index contributed by atoms with van der Waals surface area (Å²) in [4.78, 5) is 16.3. The monoisotopic (exact) mass is 473 g/mol. The normalized spacial score (nSPS) is 21.2. The van der Waals surface area contributed by atoms with Crippen LogP contribution in [0.15, 0.2) is 47.3 Å². The smallest absolute Gasteiger partial charge is 0.267 e. The van der Waals surface area contributed by atoms with Crippen LogP contribution in [-0.2, 0) is 6.67 Å². The molecule has 0 unspecified atom stereocenters. The van der Waals surface area contributed by atoms with Gasteiger partial charge in [-0.05, 0) is 93.1 Å². The van der Waals surface area contributed by atoms with Crippen molar-refractivity contribution in [2.24, 2.45) is 5.92 Å². The van der Waals surface area contributed by atoms with Gasteiger partial charge in [0.1, 0.15) is 0 Å². The molecule has 0 amide bonds. The highest BCUT2D eigenvalue weighted by Crippen LogP contribution is 2.35. The number of para-hydroxylation sites is 1. The number of aromatic nitrogens is 4. The summed E-state index contributed by atoms with van der Waals surface area (Å²) in [6.45, 7) is 5.88. The van der Waals surface area contributed by atoms with Gasteiger partial charge in [-0.3, -0.25) is 14.1 Å². The lowest BCUT2D eigenvalue weighted by Crippen LogP contribution is -2.47. The molecule has 3 heterocycles. The van der Waals surface area contributed by atoms with E-state index in [2.05, 4.69) is 24.8 Å². The van der Waals surface area contributed by atoms with E-state index in [9.17, 15) is 4.79 Å². The number of hydrogen-bond donors (Lipinski definition) is 0. The maximum absolute atomic E-state index is 13.7. The van der Waals surface area contributed by atoms with E-state index in [1.165, 1.54) is 38.5 Å². The van der Waals surface area contributed by atoms with Crippen molar-refractivity contribution in [3.05, 3.63) is 68.7 Å². The van der Waals surface area contributed by atoms with E-state index >= 15 is 0 Å². The van der Waals surface area contributed by atoms with E-state index in [1.54, 1.807) is 4.57 Å². The van der Waals surface area contributed by atoms with E-state index in [0.29, 0.717) is 28.6 Å². The number of hydrogen-bond acceptors (Lipinski definition) is 4. The summed E-state index contributed by atoms with van der Waals surface area (Å²) < 4.78 is 6.29. The van der Waals surface area contributed by atoms with Gasteiger partial charge < -0.3 is 0 Å². The third-order valence-electron chi connectivity index (χ3n) is 7.74. The number of benzene rings is 2. The maximum atomic E-state index is 13.7. The highest BCUT2D eigenvalue weighted by molar-refractivity contribution is 7.71. The molecule has 7 heteroatoms. The van der Waals surface area contributed by atoms with Crippen LogP contribution >= 0.6 is 12.2 Å². The lowest BCUT2D eigenvalue weighted by Gasteiger charge is -2.43. The largest absolute Gasteiger partial charge is 0.281 e. The van der Waals surface area contributed by atoms with Gasteiger partial charge in [-0.2, -0.15) is 0 Å². The predicted molar refractivity (Wildman–Crippen MR) is 138 cm³/mol. The molecule has 2 aromatic carbocycles. The summed E-state index contributed by atoms with van der Waals surface area (Å²) in [5.41, 5.74) is 3.81. The Labute approximate surface area is 204 Å². The first-order valence-corrected chi connectivity index (χ1v) is 12.9. The van der Waals surface area contributed by atoms with Gasteiger partial charge in [0.2, 0.25) is 10.5 Å². The quantitative estimate of drug-likeness (QED) is 0.374. The van der Waals surface area contributed by atoms with E-state index < -0.39 is 0 Å². The first kappa shape index (κ1) is 21.7. The van der Waals surface area contributed by atoms with Crippen LogP contribution in [0.5, 0.6) is 0 Å². The number of piperidine rings is 1. The number of aryl methyl sites for hydroxylation is 2. The second-order valence-electron chi connectivity index (χ2n) is 10.1. The van der Waals surface area contributed by atoms with Crippen LogP contribution in [0, 0.1) is 24.5 Å². The topological polar surface area (TPSA) is 47.5 Å². The molecule has 1 aliphatic carbocycles. The Morgan fingerprint density at radius 2 is 1.74 bits per heavy atom. The number of nitrogens with zero attached hydrogens (tertiary/aromatic N) is 5. The third kappa shape index (κ3) is 3.53. The molecule has 0 bridgehead atoms. The molecule has 34 heavy (non-hydrogen) atoms. The minimum atomic E-state index is -0.0643. The molecule has 6 nitrogen and oxygen atoms in total. The zero-order valence-electron chi connectivity index (χ0n) is 19.9. The van der Waals surface area contributed by atoms with Crippen LogP contribution < -0.4 is 5.56 Å². The fourth-order valence-corrected chi connectivity index (χ4v) is 6.57. The average molecular weight is 474 g/mol. The van der Waals surface area contributed by atoms with Gasteiger partial charge in [0.05, 0.1) is 23.3 Å². The minimum absolute atomic E-state index is 0.0643. The molecule has 4 aromatic rings. The van der Waals surface area contributed by atoms with Crippen molar-refractivity contribution in [2.45, 2.75) is 65.1 Å². The van der Waals surface area contributed by atoms with Gasteiger partial charge in [-0.25, -0.2) is 9.25 Å². The highest BCUT2D eigenvalue weighted by atomic mass is 32.1. The molecule has 2 atom stereocenters. The van der Waals surface area contributed by atoms with Gasteiger partial charge in [0, 0.05) is 12.6 Å². The van der Waals surface area contributed by atoms with Crippen LogP contribution in [0.3, 0.4) is 0 Å². The van der Waals surface area contributed by atoms with Gasteiger partial charge in [0.25, 0.3) is 5.56 Å². The molecule has 2 aliphatic rings. The average Bonchev–Trinajstić information content (AvgIpc) is 3.14. The summed E-state index contributed by atoms with van der Waals surface area (Å²) in [5, 5.41) is 5.64. The first-order chi connectivity index (χ1) is 16.5. The fraction of sp³-hybridized carbons (Fsp3) is 0.444. The Morgan fingerprint density at radius 1 is 1.00 bits per heavy atom. The van der Waals surface area contributed by atoms with E-state index in [1.807, 2.05) is 45.5 Å². The maximum Gasteiger partial charge on any atom is 0.267 e. The summed E-state index contributed by atoms with van der Waals surface area (Å²) in [6.07, 6.45) is 7.85. The van der Waals surface area contributed by atoms with Crippen molar-refractivity contribution in [2.75, 3.05) is 6.54 Å². The summed E-state index contributed by atoms with van der Waals surface area (Å²) in [7, 11) is 0. The predicted octanol–water partition coefficient (Wildman–Crippen LogP) is 5.40. The number of rotatable bonds is 3. The molecule has 1 saturated carbocycles. The van der Waals surface area contributed by atoms with E-state index in [0.717, 1.165) is 34.8 Å².